The van der Waals surface area contributed by atoms with Gasteiger partial charge in [0.2, 0.25) is 0 Å². The Bertz CT molecular complexity index is 394. The number of nitrogens with zero attached hydrogens (tertiary/aromatic N) is 3. The zero-order valence-electron chi connectivity index (χ0n) is 11.9. The molecule has 1 N–H and O–H groups in total. The van der Waals surface area contributed by atoms with Crippen molar-refractivity contribution in [2.75, 3.05) is 13.6 Å². The number of hydrogen-bond acceptors (Lipinski definition) is 4. The lowest BCUT2D eigenvalue weighted by atomic mass is 9.82. The van der Waals surface area contributed by atoms with Crippen LogP contribution in [0.3, 0.4) is 0 Å². The van der Waals surface area contributed by atoms with Gasteiger partial charge in [-0.05, 0) is 45.2 Å². The zero-order valence-corrected chi connectivity index (χ0v) is 11.9. The summed E-state index contributed by atoms with van der Waals surface area (Å²) in [7, 11) is 2.30. The van der Waals surface area contributed by atoms with Crippen LogP contribution >= 0.6 is 0 Å². The molecule has 2 bridgehead atoms. The van der Waals surface area contributed by atoms with Crippen molar-refractivity contribution in [2.24, 2.45) is 5.92 Å². The van der Waals surface area contributed by atoms with Crippen molar-refractivity contribution >= 4 is 0 Å². The van der Waals surface area contributed by atoms with E-state index in [4.69, 9.17) is 0 Å². The van der Waals surface area contributed by atoms with Crippen LogP contribution in [0.5, 0.6) is 0 Å². The van der Waals surface area contributed by atoms with E-state index in [1.807, 2.05) is 12.4 Å². The van der Waals surface area contributed by atoms with Gasteiger partial charge in [0.05, 0.1) is 0 Å². The molecule has 0 spiro atoms. The van der Waals surface area contributed by atoms with Crippen molar-refractivity contribution in [1.82, 2.24) is 20.2 Å². The molecule has 2 fully saturated rings. The molecule has 0 radical (unpaired) electrons. The maximum atomic E-state index is 4.19. The summed E-state index contributed by atoms with van der Waals surface area (Å²) in [5, 5.41) is 3.65. The summed E-state index contributed by atoms with van der Waals surface area (Å²) in [4.78, 5) is 11.0. The van der Waals surface area contributed by atoms with Gasteiger partial charge in [-0.25, -0.2) is 9.97 Å². The summed E-state index contributed by atoms with van der Waals surface area (Å²) in [6, 6.07) is 1.99. The third-order valence-electron chi connectivity index (χ3n) is 4.97. The predicted molar refractivity (Wildman–Crippen MR) is 75.7 cm³/mol. The Labute approximate surface area is 115 Å². The number of fused-ring (bicyclic) bond motifs is 2. The summed E-state index contributed by atoms with van der Waals surface area (Å²) in [6.07, 6.45) is 10.9. The number of hydrogen-bond donors (Lipinski definition) is 1. The molecule has 2 saturated heterocycles. The van der Waals surface area contributed by atoms with Gasteiger partial charge in [-0.1, -0.05) is 6.92 Å². The van der Waals surface area contributed by atoms with Crippen molar-refractivity contribution < 1.29 is 0 Å². The number of aromatic nitrogens is 2. The minimum absolute atomic E-state index is 0.419. The summed E-state index contributed by atoms with van der Waals surface area (Å²) >= 11 is 0. The Kier molecular flexibility index (Phi) is 3.80. The smallest absolute Gasteiger partial charge is 0.115 e. The average molecular weight is 260 g/mol. The average Bonchev–Trinajstić information content (AvgIpc) is 2.67. The maximum Gasteiger partial charge on any atom is 0.115 e. The molecule has 1 aromatic heterocycles. The molecule has 0 saturated carbocycles. The highest BCUT2D eigenvalue weighted by atomic mass is 15.2. The Hall–Kier alpha value is -1.00. The van der Waals surface area contributed by atoms with Crippen molar-refractivity contribution in [1.29, 1.82) is 0 Å². The van der Waals surface area contributed by atoms with E-state index in [1.165, 1.54) is 31.2 Å². The summed E-state index contributed by atoms with van der Waals surface area (Å²) in [5.74, 6) is 0.722. The normalized spacial score (nSPS) is 32.4. The van der Waals surface area contributed by atoms with Crippen LogP contribution in [0.2, 0.25) is 0 Å². The highest BCUT2D eigenvalue weighted by Gasteiger charge is 2.41. The molecular weight excluding hydrogens is 236 g/mol. The van der Waals surface area contributed by atoms with E-state index < -0.39 is 0 Å². The summed E-state index contributed by atoms with van der Waals surface area (Å²) in [5.41, 5.74) is 1.25. The molecule has 4 heteroatoms. The highest BCUT2D eigenvalue weighted by molar-refractivity contribution is 5.12. The molecule has 2 aliphatic rings. The standard InChI is InChI=1S/C15H24N4/c1-3-18-15(12-8-16-10-17-9-12)11-6-13-4-5-14(7-11)19(13)2/h8-11,13-15,18H,3-7H2,1-2H3. The molecule has 2 aliphatic heterocycles. The van der Waals surface area contributed by atoms with Gasteiger partial charge in [0.25, 0.3) is 0 Å². The first kappa shape index (κ1) is 13.0. The molecule has 0 aliphatic carbocycles. The molecule has 0 aromatic carbocycles. The van der Waals surface area contributed by atoms with Crippen LogP contribution in [0.15, 0.2) is 18.7 Å². The molecule has 3 rings (SSSR count). The first-order valence-electron chi connectivity index (χ1n) is 7.49. The second-order valence-electron chi connectivity index (χ2n) is 5.99. The minimum Gasteiger partial charge on any atom is -0.310 e. The summed E-state index contributed by atoms with van der Waals surface area (Å²) in [6.45, 7) is 3.18. The van der Waals surface area contributed by atoms with E-state index in [1.54, 1.807) is 6.33 Å². The Balaban J connectivity index is 1.78. The van der Waals surface area contributed by atoms with Crippen LogP contribution in [0.1, 0.15) is 44.2 Å². The Morgan fingerprint density at radius 3 is 2.47 bits per heavy atom. The van der Waals surface area contributed by atoms with Crippen LogP contribution in [0, 0.1) is 5.92 Å². The molecule has 3 unspecified atom stereocenters. The first-order chi connectivity index (χ1) is 9.29. The van der Waals surface area contributed by atoms with Gasteiger partial charge < -0.3 is 10.2 Å². The predicted octanol–water partition coefficient (Wildman–Crippen LogP) is 2.00. The molecule has 1 aromatic rings. The van der Waals surface area contributed by atoms with Crippen molar-refractivity contribution in [2.45, 2.75) is 50.7 Å². The molecule has 0 amide bonds. The molecule has 3 atom stereocenters. The SMILES string of the molecule is CCNC(c1cncnc1)C1CC2CCC(C1)N2C. The van der Waals surface area contributed by atoms with E-state index in [-0.39, 0.29) is 0 Å². The van der Waals surface area contributed by atoms with Crippen LogP contribution in [-0.2, 0) is 0 Å². The fraction of sp³-hybridized carbons (Fsp3) is 0.733. The van der Waals surface area contributed by atoms with Crippen LogP contribution in [0.25, 0.3) is 0 Å². The van der Waals surface area contributed by atoms with Crippen LogP contribution in [0.4, 0.5) is 0 Å². The van der Waals surface area contributed by atoms with E-state index in [0.717, 1.165) is 24.5 Å². The van der Waals surface area contributed by atoms with Gasteiger partial charge in [-0.15, -0.1) is 0 Å². The Morgan fingerprint density at radius 2 is 1.89 bits per heavy atom. The second-order valence-corrected chi connectivity index (χ2v) is 5.99. The quantitative estimate of drug-likeness (QED) is 0.899. The van der Waals surface area contributed by atoms with Crippen molar-refractivity contribution in [3.63, 3.8) is 0 Å². The van der Waals surface area contributed by atoms with Gasteiger partial charge >= 0.3 is 0 Å². The third-order valence-corrected chi connectivity index (χ3v) is 4.97. The molecule has 104 valence electrons. The van der Waals surface area contributed by atoms with Gasteiger partial charge in [0, 0.05) is 36.1 Å². The number of nitrogens with one attached hydrogen (secondary N) is 1. The lowest BCUT2D eigenvalue weighted by Gasteiger charge is -2.40. The first-order valence-corrected chi connectivity index (χ1v) is 7.49. The topological polar surface area (TPSA) is 41.1 Å². The van der Waals surface area contributed by atoms with E-state index in [9.17, 15) is 0 Å². The minimum atomic E-state index is 0.419. The van der Waals surface area contributed by atoms with Crippen LogP contribution < -0.4 is 5.32 Å². The maximum absolute atomic E-state index is 4.19. The molecule has 3 heterocycles. The van der Waals surface area contributed by atoms with Gasteiger partial charge in [-0.3, -0.25) is 0 Å². The molecule has 4 nitrogen and oxygen atoms in total. The van der Waals surface area contributed by atoms with Gasteiger partial charge in [0.1, 0.15) is 6.33 Å². The number of rotatable bonds is 4. The van der Waals surface area contributed by atoms with E-state index in [0.29, 0.717) is 6.04 Å². The van der Waals surface area contributed by atoms with E-state index >= 15 is 0 Å². The molecule has 19 heavy (non-hydrogen) atoms. The number of piperidine rings is 1. The monoisotopic (exact) mass is 260 g/mol. The molecular formula is C15H24N4. The van der Waals surface area contributed by atoms with Crippen LogP contribution in [-0.4, -0.2) is 40.5 Å². The lowest BCUT2D eigenvalue weighted by molar-refractivity contribution is 0.112. The van der Waals surface area contributed by atoms with Gasteiger partial charge in [0.15, 0.2) is 0 Å². The fourth-order valence-corrected chi connectivity index (χ4v) is 3.97. The fourth-order valence-electron chi connectivity index (χ4n) is 3.97. The second kappa shape index (κ2) is 5.55. The van der Waals surface area contributed by atoms with E-state index in [2.05, 4.69) is 34.2 Å². The lowest BCUT2D eigenvalue weighted by Crippen LogP contribution is -2.43. The summed E-state index contributed by atoms with van der Waals surface area (Å²) < 4.78 is 0. The largest absolute Gasteiger partial charge is 0.310 e. The highest BCUT2D eigenvalue weighted by Crippen LogP contribution is 2.42. The van der Waals surface area contributed by atoms with Crippen molar-refractivity contribution in [3.05, 3.63) is 24.3 Å². The van der Waals surface area contributed by atoms with Gasteiger partial charge in [-0.2, -0.15) is 0 Å². The zero-order chi connectivity index (χ0) is 13.2. The van der Waals surface area contributed by atoms with Crippen molar-refractivity contribution in [3.8, 4) is 0 Å². The Morgan fingerprint density at radius 1 is 1.26 bits per heavy atom. The third kappa shape index (κ3) is 2.51.